The van der Waals surface area contributed by atoms with Crippen molar-refractivity contribution in [3.8, 4) is 5.75 Å². The lowest BCUT2D eigenvalue weighted by Crippen LogP contribution is -1.99. The molecule has 2 rings (SSSR count). The number of benzene rings is 1. The molecule has 0 unspecified atom stereocenters. The number of hydrogen-bond donors (Lipinski definition) is 2. The molecule has 0 bridgehead atoms. The quantitative estimate of drug-likeness (QED) is 0.879. The van der Waals surface area contributed by atoms with Gasteiger partial charge in [-0.05, 0) is 42.8 Å². The normalized spacial score (nSPS) is 10.2. The van der Waals surface area contributed by atoms with E-state index >= 15 is 0 Å². The fraction of sp³-hybridized carbons (Fsp3) is 0.214. The third-order valence-electron chi connectivity index (χ3n) is 2.76. The van der Waals surface area contributed by atoms with Crippen LogP contribution >= 0.6 is 11.3 Å². The van der Waals surface area contributed by atoms with Crippen molar-refractivity contribution in [3.05, 3.63) is 45.6 Å². The Morgan fingerprint density at radius 3 is 2.74 bits per heavy atom. The zero-order valence-electron chi connectivity index (χ0n) is 10.8. The average molecular weight is 277 g/mol. The van der Waals surface area contributed by atoms with Gasteiger partial charge in [0.2, 0.25) is 0 Å². The van der Waals surface area contributed by atoms with Crippen molar-refractivity contribution in [2.75, 3.05) is 12.4 Å². The zero-order chi connectivity index (χ0) is 13.8. The van der Waals surface area contributed by atoms with Gasteiger partial charge in [0.15, 0.2) is 0 Å². The van der Waals surface area contributed by atoms with E-state index in [0.717, 1.165) is 21.9 Å². The van der Waals surface area contributed by atoms with Crippen LogP contribution in [0.25, 0.3) is 0 Å². The molecule has 0 aliphatic rings. The van der Waals surface area contributed by atoms with Crippen molar-refractivity contribution in [3.63, 3.8) is 0 Å². The highest BCUT2D eigenvalue weighted by atomic mass is 32.1. The monoisotopic (exact) mass is 277 g/mol. The van der Waals surface area contributed by atoms with Crippen LogP contribution in [0.5, 0.6) is 5.75 Å². The Hall–Kier alpha value is -2.01. The fourth-order valence-electron chi connectivity index (χ4n) is 1.73. The van der Waals surface area contributed by atoms with Gasteiger partial charge < -0.3 is 15.2 Å². The van der Waals surface area contributed by atoms with Crippen LogP contribution in [0, 0.1) is 6.92 Å². The van der Waals surface area contributed by atoms with Crippen LogP contribution in [0.2, 0.25) is 0 Å². The number of anilines is 1. The van der Waals surface area contributed by atoms with Crippen LogP contribution < -0.4 is 10.1 Å². The maximum Gasteiger partial charge on any atom is 0.345 e. The number of rotatable bonds is 5. The van der Waals surface area contributed by atoms with Crippen LogP contribution in [0.3, 0.4) is 0 Å². The number of hydrogen-bond acceptors (Lipinski definition) is 4. The third-order valence-corrected chi connectivity index (χ3v) is 3.83. The minimum Gasteiger partial charge on any atom is -0.497 e. The summed E-state index contributed by atoms with van der Waals surface area (Å²) in [7, 11) is 1.64. The number of nitrogens with one attached hydrogen (secondary N) is 1. The maximum atomic E-state index is 10.8. The summed E-state index contributed by atoms with van der Waals surface area (Å²) in [6.45, 7) is 2.62. The summed E-state index contributed by atoms with van der Waals surface area (Å²) in [5, 5.41) is 12.2. The second kappa shape index (κ2) is 5.75. The van der Waals surface area contributed by atoms with Crippen LogP contribution in [-0.4, -0.2) is 18.2 Å². The summed E-state index contributed by atoms with van der Waals surface area (Å²) in [5.74, 6) is -0.0517. The van der Waals surface area contributed by atoms with Gasteiger partial charge in [-0.2, -0.15) is 0 Å². The number of carboxylic acids is 1. The number of thiophene rings is 1. The largest absolute Gasteiger partial charge is 0.497 e. The molecule has 1 aromatic carbocycles. The SMILES string of the molecule is COc1ccc(NCc2ccc(C(=O)O)s2)c(C)c1. The second-order valence-electron chi connectivity index (χ2n) is 4.11. The van der Waals surface area contributed by atoms with Crippen molar-refractivity contribution >= 4 is 23.0 Å². The van der Waals surface area contributed by atoms with Crippen molar-refractivity contribution in [1.82, 2.24) is 0 Å². The average Bonchev–Trinajstić information content (AvgIpc) is 2.86. The van der Waals surface area contributed by atoms with Crippen molar-refractivity contribution in [2.45, 2.75) is 13.5 Å². The number of aryl methyl sites for hydroxylation is 1. The Morgan fingerprint density at radius 2 is 2.16 bits per heavy atom. The standard InChI is InChI=1S/C14H15NO3S/c1-9-7-10(18-2)3-5-12(9)15-8-11-4-6-13(19-11)14(16)17/h3-7,15H,8H2,1-2H3,(H,16,17). The number of methoxy groups -OCH3 is 1. The molecule has 2 aromatic rings. The molecule has 0 atom stereocenters. The first-order chi connectivity index (χ1) is 9.10. The lowest BCUT2D eigenvalue weighted by atomic mass is 10.2. The smallest absolute Gasteiger partial charge is 0.345 e. The van der Waals surface area contributed by atoms with Crippen LogP contribution in [0.15, 0.2) is 30.3 Å². The predicted octanol–water partition coefficient (Wildman–Crippen LogP) is 3.38. The van der Waals surface area contributed by atoms with Gasteiger partial charge in [-0.1, -0.05) is 0 Å². The summed E-state index contributed by atoms with van der Waals surface area (Å²) >= 11 is 1.29. The van der Waals surface area contributed by atoms with Crippen LogP contribution in [0.1, 0.15) is 20.1 Å². The highest BCUT2D eigenvalue weighted by Gasteiger charge is 2.07. The van der Waals surface area contributed by atoms with Crippen molar-refractivity contribution in [2.24, 2.45) is 0 Å². The van der Waals surface area contributed by atoms with E-state index in [1.807, 2.05) is 31.2 Å². The lowest BCUT2D eigenvalue weighted by molar-refractivity contribution is 0.0702. The fourth-order valence-corrected chi connectivity index (χ4v) is 2.52. The van der Waals surface area contributed by atoms with Crippen LogP contribution in [-0.2, 0) is 6.54 Å². The highest BCUT2D eigenvalue weighted by molar-refractivity contribution is 7.13. The van der Waals surface area contributed by atoms with E-state index in [2.05, 4.69) is 5.32 Å². The molecular formula is C14H15NO3S. The third kappa shape index (κ3) is 3.26. The minimum absolute atomic E-state index is 0.364. The van der Waals surface area contributed by atoms with E-state index in [-0.39, 0.29) is 0 Å². The van der Waals surface area contributed by atoms with Gasteiger partial charge in [0.25, 0.3) is 0 Å². The number of carbonyl (C=O) groups is 1. The van der Waals surface area contributed by atoms with E-state index in [1.165, 1.54) is 11.3 Å². The van der Waals surface area contributed by atoms with E-state index in [0.29, 0.717) is 11.4 Å². The molecule has 0 fully saturated rings. The predicted molar refractivity (Wildman–Crippen MR) is 76.3 cm³/mol. The first-order valence-corrected chi connectivity index (χ1v) is 6.62. The Kier molecular flexibility index (Phi) is 4.06. The van der Waals surface area contributed by atoms with E-state index in [9.17, 15) is 4.79 Å². The number of ether oxygens (including phenoxy) is 1. The molecule has 0 amide bonds. The Labute approximate surface area is 115 Å². The summed E-state index contributed by atoms with van der Waals surface area (Å²) in [6.07, 6.45) is 0. The van der Waals surface area contributed by atoms with Crippen molar-refractivity contribution < 1.29 is 14.6 Å². The minimum atomic E-state index is -0.878. The Bertz CT molecular complexity index is 592. The van der Waals surface area contributed by atoms with E-state index < -0.39 is 5.97 Å². The van der Waals surface area contributed by atoms with Crippen molar-refractivity contribution in [1.29, 1.82) is 0 Å². The maximum absolute atomic E-state index is 10.8. The van der Waals surface area contributed by atoms with Gasteiger partial charge in [0, 0.05) is 17.1 Å². The molecule has 0 radical (unpaired) electrons. The summed E-state index contributed by atoms with van der Waals surface area (Å²) in [5.41, 5.74) is 2.11. The van der Waals surface area contributed by atoms with Crippen LogP contribution in [0.4, 0.5) is 5.69 Å². The lowest BCUT2D eigenvalue weighted by Gasteiger charge is -2.09. The molecule has 0 aliphatic carbocycles. The molecule has 100 valence electrons. The summed E-state index contributed by atoms with van der Waals surface area (Å²) in [4.78, 5) is 12.1. The Balaban J connectivity index is 2.03. The molecule has 19 heavy (non-hydrogen) atoms. The Morgan fingerprint density at radius 1 is 1.37 bits per heavy atom. The molecule has 0 spiro atoms. The molecular weight excluding hydrogens is 262 g/mol. The van der Waals surface area contributed by atoms with E-state index in [4.69, 9.17) is 9.84 Å². The number of aromatic carboxylic acids is 1. The molecule has 0 aliphatic heterocycles. The molecule has 5 heteroatoms. The molecule has 0 saturated carbocycles. The number of carboxylic acid groups (broad SMARTS) is 1. The van der Waals surface area contributed by atoms with E-state index in [1.54, 1.807) is 13.2 Å². The summed E-state index contributed by atoms with van der Waals surface area (Å²) in [6, 6.07) is 9.27. The van der Waals surface area contributed by atoms with Gasteiger partial charge in [-0.25, -0.2) is 4.79 Å². The molecule has 1 heterocycles. The molecule has 0 saturated heterocycles. The van der Waals surface area contributed by atoms with Gasteiger partial charge in [0.1, 0.15) is 10.6 Å². The van der Waals surface area contributed by atoms with Gasteiger partial charge in [0.05, 0.1) is 7.11 Å². The topological polar surface area (TPSA) is 58.6 Å². The molecule has 2 N–H and O–H groups in total. The zero-order valence-corrected chi connectivity index (χ0v) is 11.6. The van der Waals surface area contributed by atoms with Gasteiger partial charge >= 0.3 is 5.97 Å². The van der Waals surface area contributed by atoms with Gasteiger partial charge in [-0.15, -0.1) is 11.3 Å². The second-order valence-corrected chi connectivity index (χ2v) is 5.27. The first kappa shape index (κ1) is 13.4. The molecule has 4 nitrogen and oxygen atoms in total. The molecule has 1 aromatic heterocycles. The van der Waals surface area contributed by atoms with Gasteiger partial charge in [-0.3, -0.25) is 0 Å². The summed E-state index contributed by atoms with van der Waals surface area (Å²) < 4.78 is 5.15. The first-order valence-electron chi connectivity index (χ1n) is 5.80. The highest BCUT2D eigenvalue weighted by Crippen LogP contribution is 2.23.